The summed E-state index contributed by atoms with van der Waals surface area (Å²) in [5, 5.41) is 0. The van der Waals surface area contributed by atoms with Crippen molar-refractivity contribution in [2.75, 3.05) is 18.0 Å². The Kier molecular flexibility index (Phi) is 5.16. The number of halogens is 1. The Morgan fingerprint density at radius 1 is 1.67 bits per heavy atom. The van der Waals surface area contributed by atoms with Crippen LogP contribution in [0.25, 0.3) is 0 Å². The van der Waals surface area contributed by atoms with Crippen LogP contribution < -0.4 is 10.6 Å². The van der Waals surface area contributed by atoms with Crippen LogP contribution in [0.5, 0.6) is 0 Å². The summed E-state index contributed by atoms with van der Waals surface area (Å²) in [6.45, 7) is 3.77. The minimum absolute atomic E-state index is 0.539. The molecule has 1 aromatic rings. The van der Waals surface area contributed by atoms with Crippen molar-refractivity contribution in [3.8, 4) is 0 Å². The summed E-state index contributed by atoms with van der Waals surface area (Å²) in [6.07, 6.45) is 4.07. The number of nitrogens with two attached hydrogens (primary N) is 1. The van der Waals surface area contributed by atoms with E-state index in [-0.39, 0.29) is 0 Å². The lowest BCUT2D eigenvalue weighted by Crippen LogP contribution is -2.28. The van der Waals surface area contributed by atoms with E-state index in [0.717, 1.165) is 22.5 Å². The van der Waals surface area contributed by atoms with Gasteiger partial charge in [-0.15, -0.1) is 0 Å². The van der Waals surface area contributed by atoms with Crippen LogP contribution in [-0.2, 0) is 0 Å². The maximum absolute atomic E-state index is 5.48. The quantitative estimate of drug-likeness (QED) is 0.654. The molecule has 1 heterocycles. The second-order valence-electron chi connectivity index (χ2n) is 2.99. The van der Waals surface area contributed by atoms with Crippen molar-refractivity contribution in [3.05, 3.63) is 16.1 Å². The normalized spacial score (nSPS) is 10.0. The van der Waals surface area contributed by atoms with E-state index in [2.05, 4.69) is 44.4 Å². The summed E-state index contributed by atoms with van der Waals surface area (Å²) in [7, 11) is 0. The number of hydrogen-bond donors (Lipinski definition) is 1. The molecule has 0 aliphatic rings. The molecule has 0 atom stereocenters. The van der Waals surface area contributed by atoms with E-state index >= 15 is 0 Å². The third-order valence-electron chi connectivity index (χ3n) is 1.96. The van der Waals surface area contributed by atoms with Crippen LogP contribution in [0.2, 0.25) is 0 Å². The van der Waals surface area contributed by atoms with Gasteiger partial charge >= 0.3 is 0 Å². The molecular weight excluding hydrogens is 323 g/mol. The van der Waals surface area contributed by atoms with E-state index in [1.165, 1.54) is 0 Å². The van der Waals surface area contributed by atoms with Crippen LogP contribution in [0.1, 0.15) is 13.3 Å². The number of hydrogen-bond acceptors (Lipinski definition) is 4. The summed E-state index contributed by atoms with van der Waals surface area (Å²) < 4.78 is 1.04. The van der Waals surface area contributed by atoms with Crippen LogP contribution in [0.4, 0.5) is 5.82 Å². The second kappa shape index (κ2) is 6.16. The van der Waals surface area contributed by atoms with E-state index in [1.54, 1.807) is 12.5 Å². The number of thiocarbonyl (C=S) groups is 1. The predicted molar refractivity (Wildman–Crippen MR) is 74.0 cm³/mol. The van der Waals surface area contributed by atoms with Crippen molar-refractivity contribution in [2.45, 2.75) is 13.3 Å². The lowest BCUT2D eigenvalue weighted by atomic mass is 10.3. The summed E-state index contributed by atoms with van der Waals surface area (Å²) >= 11 is 7.09. The highest BCUT2D eigenvalue weighted by Gasteiger charge is 2.09. The van der Waals surface area contributed by atoms with Gasteiger partial charge in [-0.2, -0.15) is 0 Å². The second-order valence-corrected chi connectivity index (χ2v) is 4.68. The van der Waals surface area contributed by atoms with E-state index in [9.17, 15) is 0 Å². The van der Waals surface area contributed by atoms with Gasteiger partial charge in [0.15, 0.2) is 0 Å². The van der Waals surface area contributed by atoms with Crippen molar-refractivity contribution in [2.24, 2.45) is 5.73 Å². The highest BCUT2D eigenvalue weighted by Crippen LogP contribution is 2.17. The van der Waals surface area contributed by atoms with Crippen molar-refractivity contribution < 1.29 is 0 Å². The molecule has 0 bridgehead atoms. The van der Waals surface area contributed by atoms with Gasteiger partial charge in [0.2, 0.25) is 0 Å². The zero-order valence-corrected chi connectivity index (χ0v) is 11.5. The number of anilines is 1. The van der Waals surface area contributed by atoms with Crippen LogP contribution in [0.15, 0.2) is 12.5 Å². The van der Waals surface area contributed by atoms with E-state index in [4.69, 9.17) is 18.0 Å². The van der Waals surface area contributed by atoms with Crippen LogP contribution in [0, 0.1) is 3.57 Å². The maximum atomic E-state index is 5.48. The fraction of sp³-hybridized carbons (Fsp3) is 0.444. The van der Waals surface area contributed by atoms with Gasteiger partial charge < -0.3 is 10.6 Å². The van der Waals surface area contributed by atoms with Gasteiger partial charge in [0, 0.05) is 25.7 Å². The molecule has 2 N–H and O–H groups in total. The lowest BCUT2D eigenvalue weighted by molar-refractivity contribution is 0.812. The number of rotatable bonds is 5. The van der Waals surface area contributed by atoms with E-state index < -0.39 is 0 Å². The van der Waals surface area contributed by atoms with Gasteiger partial charge in [0.1, 0.15) is 12.1 Å². The number of aromatic nitrogens is 2. The minimum atomic E-state index is 0.539. The first-order valence-corrected chi connectivity index (χ1v) is 6.12. The number of nitrogens with zero attached hydrogens (tertiary/aromatic N) is 3. The first-order chi connectivity index (χ1) is 7.15. The molecule has 6 heteroatoms. The first kappa shape index (κ1) is 12.6. The van der Waals surface area contributed by atoms with Crippen molar-refractivity contribution in [3.63, 3.8) is 0 Å². The topological polar surface area (TPSA) is 55.0 Å². The fourth-order valence-corrected chi connectivity index (χ4v) is 1.93. The van der Waals surface area contributed by atoms with E-state index in [0.29, 0.717) is 11.4 Å². The molecule has 0 aliphatic carbocycles. The van der Waals surface area contributed by atoms with Gasteiger partial charge in [0.05, 0.1) is 8.56 Å². The zero-order chi connectivity index (χ0) is 11.3. The third kappa shape index (κ3) is 3.86. The zero-order valence-electron chi connectivity index (χ0n) is 8.48. The smallest absolute Gasteiger partial charge is 0.145 e. The van der Waals surface area contributed by atoms with Crippen molar-refractivity contribution >= 4 is 45.6 Å². The predicted octanol–water partition coefficient (Wildman–Crippen LogP) is 1.58. The molecule has 0 unspecified atom stereocenters. The Hall–Kier alpha value is -0.500. The third-order valence-corrected chi connectivity index (χ3v) is 2.92. The first-order valence-electron chi connectivity index (χ1n) is 4.64. The molecule has 0 aromatic carbocycles. The fourth-order valence-electron chi connectivity index (χ4n) is 1.20. The molecule has 0 aliphatic heterocycles. The van der Waals surface area contributed by atoms with Crippen LogP contribution in [0.3, 0.4) is 0 Å². The summed E-state index contributed by atoms with van der Waals surface area (Å²) in [5.74, 6) is 0.948. The molecule has 82 valence electrons. The molecule has 0 fully saturated rings. The van der Waals surface area contributed by atoms with Gasteiger partial charge in [-0.05, 0) is 29.5 Å². The summed E-state index contributed by atoms with van der Waals surface area (Å²) in [5.41, 5.74) is 5.48. The van der Waals surface area contributed by atoms with Gasteiger partial charge in [-0.25, -0.2) is 9.97 Å². The monoisotopic (exact) mass is 336 g/mol. The SMILES string of the molecule is CCN(CCC(N)=S)c1ncncc1I. The Balaban J connectivity index is 2.74. The molecule has 0 spiro atoms. The van der Waals surface area contributed by atoms with Gasteiger partial charge in [-0.1, -0.05) is 12.2 Å². The average Bonchev–Trinajstić information content (AvgIpc) is 2.21. The molecule has 0 saturated heterocycles. The van der Waals surface area contributed by atoms with Gasteiger partial charge in [0.25, 0.3) is 0 Å². The van der Waals surface area contributed by atoms with E-state index in [1.807, 2.05) is 0 Å². The molecule has 0 saturated carbocycles. The Morgan fingerprint density at radius 2 is 2.40 bits per heavy atom. The molecule has 15 heavy (non-hydrogen) atoms. The summed E-state index contributed by atoms with van der Waals surface area (Å²) in [6, 6.07) is 0. The summed E-state index contributed by atoms with van der Waals surface area (Å²) in [4.78, 5) is 10.9. The average molecular weight is 336 g/mol. The van der Waals surface area contributed by atoms with Crippen LogP contribution >= 0.6 is 34.8 Å². The highest BCUT2D eigenvalue weighted by molar-refractivity contribution is 14.1. The molecule has 4 nitrogen and oxygen atoms in total. The Bertz CT molecular complexity index is 345. The highest BCUT2D eigenvalue weighted by atomic mass is 127. The van der Waals surface area contributed by atoms with Gasteiger partial charge in [-0.3, -0.25) is 0 Å². The minimum Gasteiger partial charge on any atom is -0.393 e. The van der Waals surface area contributed by atoms with Crippen molar-refractivity contribution in [1.82, 2.24) is 9.97 Å². The Labute approximate surface area is 108 Å². The lowest BCUT2D eigenvalue weighted by Gasteiger charge is -2.22. The molecular formula is C9H13IN4S. The van der Waals surface area contributed by atoms with Crippen molar-refractivity contribution in [1.29, 1.82) is 0 Å². The molecule has 0 amide bonds. The largest absolute Gasteiger partial charge is 0.393 e. The molecule has 1 aromatic heterocycles. The standard InChI is InChI=1S/C9H13IN4S/c1-2-14(4-3-8(11)15)9-7(10)5-12-6-13-9/h5-6H,2-4H2,1H3,(H2,11,15). The Morgan fingerprint density at radius 3 is 2.93 bits per heavy atom. The molecule has 1 rings (SSSR count). The van der Waals surface area contributed by atoms with Crippen LogP contribution in [-0.4, -0.2) is 28.0 Å². The molecule has 0 radical (unpaired) electrons. The maximum Gasteiger partial charge on any atom is 0.145 e.